The van der Waals surface area contributed by atoms with Crippen LogP contribution in [-0.4, -0.2) is 38.4 Å². The normalized spacial score (nSPS) is 16.6. The second-order valence-electron chi connectivity index (χ2n) is 8.35. The van der Waals surface area contributed by atoms with Crippen LogP contribution in [0, 0.1) is 6.92 Å². The molecule has 0 bridgehead atoms. The van der Waals surface area contributed by atoms with Crippen LogP contribution in [0.4, 0.5) is 0 Å². The minimum absolute atomic E-state index is 0.101. The SMILES string of the molecule is Cc1nc2ccccc2n1CC(=O)N1CCCC(c2ncc(Cc3ccccc3Cl)o2)C1. The standard InChI is InChI=1S/C25H25ClN4O2/c1-17-28-22-10-4-5-11-23(22)30(17)16-24(31)29-12-6-8-19(15-29)25-27-14-20(32-25)13-18-7-2-3-9-21(18)26/h2-5,7,9-11,14,19H,6,8,12-13,15-16H2,1H3. The molecule has 1 fully saturated rings. The number of aromatic nitrogens is 3. The number of amides is 1. The van der Waals surface area contributed by atoms with E-state index in [9.17, 15) is 4.79 Å². The van der Waals surface area contributed by atoms with Gasteiger partial charge in [0, 0.05) is 24.5 Å². The van der Waals surface area contributed by atoms with Crippen molar-refractivity contribution >= 4 is 28.5 Å². The number of oxazole rings is 1. The molecule has 0 spiro atoms. The summed E-state index contributed by atoms with van der Waals surface area (Å²) < 4.78 is 8.06. The van der Waals surface area contributed by atoms with Crippen molar-refractivity contribution in [2.75, 3.05) is 13.1 Å². The Labute approximate surface area is 191 Å². The summed E-state index contributed by atoms with van der Waals surface area (Å²) >= 11 is 6.28. The molecule has 32 heavy (non-hydrogen) atoms. The summed E-state index contributed by atoms with van der Waals surface area (Å²) in [5, 5.41) is 0.724. The number of nitrogens with zero attached hydrogens (tertiary/aromatic N) is 4. The van der Waals surface area contributed by atoms with Gasteiger partial charge in [-0.3, -0.25) is 4.79 Å². The molecule has 4 aromatic rings. The second kappa shape index (κ2) is 8.79. The summed E-state index contributed by atoms with van der Waals surface area (Å²) in [6.07, 6.45) is 4.28. The highest BCUT2D eigenvalue weighted by Crippen LogP contribution is 2.28. The highest BCUT2D eigenvalue weighted by Gasteiger charge is 2.28. The van der Waals surface area contributed by atoms with Crippen molar-refractivity contribution in [1.82, 2.24) is 19.4 Å². The van der Waals surface area contributed by atoms with Crippen LogP contribution in [0.5, 0.6) is 0 Å². The first-order valence-electron chi connectivity index (χ1n) is 11.0. The van der Waals surface area contributed by atoms with Crippen molar-refractivity contribution < 1.29 is 9.21 Å². The average Bonchev–Trinajstić information content (AvgIpc) is 3.40. The van der Waals surface area contributed by atoms with Crippen LogP contribution in [0.2, 0.25) is 5.02 Å². The van der Waals surface area contributed by atoms with Gasteiger partial charge in [-0.05, 0) is 43.5 Å². The molecule has 0 N–H and O–H groups in total. The molecule has 1 amide bonds. The lowest BCUT2D eigenvalue weighted by molar-refractivity contribution is -0.133. The van der Waals surface area contributed by atoms with E-state index in [4.69, 9.17) is 16.0 Å². The van der Waals surface area contributed by atoms with Gasteiger partial charge in [-0.2, -0.15) is 0 Å². The maximum Gasteiger partial charge on any atom is 0.242 e. The summed E-state index contributed by atoms with van der Waals surface area (Å²) in [7, 11) is 0. The van der Waals surface area contributed by atoms with E-state index >= 15 is 0 Å². The number of halogens is 1. The molecule has 5 rings (SSSR count). The van der Waals surface area contributed by atoms with Crippen LogP contribution >= 0.6 is 11.6 Å². The first-order chi connectivity index (χ1) is 15.6. The summed E-state index contributed by atoms with van der Waals surface area (Å²) in [5.41, 5.74) is 2.92. The van der Waals surface area contributed by atoms with Gasteiger partial charge in [-0.15, -0.1) is 0 Å². The fourth-order valence-corrected chi connectivity index (χ4v) is 4.66. The van der Waals surface area contributed by atoms with Gasteiger partial charge in [-0.1, -0.05) is 41.9 Å². The fourth-order valence-electron chi connectivity index (χ4n) is 4.46. The molecule has 1 aliphatic rings. The maximum atomic E-state index is 13.1. The molecule has 7 heteroatoms. The van der Waals surface area contributed by atoms with Crippen molar-refractivity contribution in [1.29, 1.82) is 0 Å². The third-order valence-corrected chi connectivity index (χ3v) is 6.52. The van der Waals surface area contributed by atoms with Gasteiger partial charge in [-0.25, -0.2) is 9.97 Å². The molecule has 2 aromatic heterocycles. The fraction of sp³-hybridized carbons (Fsp3) is 0.320. The zero-order valence-corrected chi connectivity index (χ0v) is 18.8. The van der Waals surface area contributed by atoms with Gasteiger partial charge >= 0.3 is 0 Å². The van der Waals surface area contributed by atoms with Crippen LogP contribution in [-0.2, 0) is 17.8 Å². The highest BCUT2D eigenvalue weighted by molar-refractivity contribution is 6.31. The average molecular weight is 449 g/mol. The molecular weight excluding hydrogens is 424 g/mol. The van der Waals surface area contributed by atoms with Crippen LogP contribution in [0.3, 0.4) is 0 Å². The minimum atomic E-state index is 0.101. The number of fused-ring (bicyclic) bond motifs is 1. The number of carbonyl (C=O) groups excluding carboxylic acids is 1. The van der Waals surface area contributed by atoms with E-state index < -0.39 is 0 Å². The molecule has 6 nitrogen and oxygen atoms in total. The lowest BCUT2D eigenvalue weighted by atomic mass is 9.98. The first-order valence-corrected chi connectivity index (χ1v) is 11.3. The highest BCUT2D eigenvalue weighted by atomic mass is 35.5. The van der Waals surface area contributed by atoms with E-state index in [1.165, 1.54) is 0 Å². The quantitative estimate of drug-likeness (QED) is 0.431. The molecule has 1 unspecified atom stereocenters. The van der Waals surface area contributed by atoms with Gasteiger partial charge in [0.05, 0.1) is 23.1 Å². The minimum Gasteiger partial charge on any atom is -0.445 e. The van der Waals surface area contributed by atoms with Crippen LogP contribution < -0.4 is 0 Å². The molecule has 164 valence electrons. The molecule has 1 atom stereocenters. The number of rotatable bonds is 5. The van der Waals surface area contributed by atoms with Crippen LogP contribution in [0.25, 0.3) is 11.0 Å². The molecular formula is C25H25ClN4O2. The first kappa shape index (κ1) is 20.8. The Hall–Kier alpha value is -3.12. The number of hydrogen-bond acceptors (Lipinski definition) is 4. The topological polar surface area (TPSA) is 64.2 Å². The van der Waals surface area contributed by atoms with E-state index in [-0.39, 0.29) is 11.8 Å². The van der Waals surface area contributed by atoms with Crippen molar-refractivity contribution in [3.8, 4) is 0 Å². The number of para-hydroxylation sites is 2. The Morgan fingerprint density at radius 3 is 2.88 bits per heavy atom. The van der Waals surface area contributed by atoms with Crippen LogP contribution in [0.1, 0.15) is 41.8 Å². The number of likely N-dealkylation sites (tertiary alicyclic amines) is 1. The van der Waals surface area contributed by atoms with Gasteiger partial charge in [0.1, 0.15) is 18.1 Å². The zero-order valence-electron chi connectivity index (χ0n) is 18.0. The third kappa shape index (κ3) is 4.15. The maximum absolute atomic E-state index is 13.1. The molecule has 1 saturated heterocycles. The molecule has 1 aliphatic heterocycles. The summed E-state index contributed by atoms with van der Waals surface area (Å²) in [5.74, 6) is 2.55. The van der Waals surface area contributed by atoms with Crippen molar-refractivity contribution in [3.63, 3.8) is 0 Å². The van der Waals surface area contributed by atoms with E-state index in [1.54, 1.807) is 6.20 Å². The van der Waals surface area contributed by atoms with Gasteiger partial charge in [0.25, 0.3) is 0 Å². The van der Waals surface area contributed by atoms with E-state index in [2.05, 4.69) is 9.97 Å². The van der Waals surface area contributed by atoms with E-state index in [1.807, 2.05) is 64.9 Å². The predicted molar refractivity (Wildman–Crippen MR) is 124 cm³/mol. The van der Waals surface area contributed by atoms with Gasteiger partial charge in [0.15, 0.2) is 5.89 Å². The molecule has 0 radical (unpaired) electrons. The van der Waals surface area contributed by atoms with Crippen molar-refractivity contribution in [3.05, 3.63) is 82.8 Å². The Bertz CT molecular complexity index is 1260. The lowest BCUT2D eigenvalue weighted by Gasteiger charge is -2.31. The molecule has 3 heterocycles. The Morgan fingerprint density at radius 2 is 2.00 bits per heavy atom. The van der Waals surface area contributed by atoms with Crippen LogP contribution in [0.15, 0.2) is 59.1 Å². The predicted octanol–water partition coefficient (Wildman–Crippen LogP) is 4.98. The smallest absolute Gasteiger partial charge is 0.242 e. The number of benzene rings is 2. The van der Waals surface area contributed by atoms with E-state index in [0.29, 0.717) is 25.4 Å². The number of imidazole rings is 1. The zero-order chi connectivity index (χ0) is 22.1. The van der Waals surface area contributed by atoms with Gasteiger partial charge < -0.3 is 13.9 Å². The molecule has 2 aromatic carbocycles. The Kier molecular flexibility index (Phi) is 5.70. The van der Waals surface area contributed by atoms with E-state index in [0.717, 1.165) is 52.6 Å². The molecule has 0 aliphatic carbocycles. The largest absolute Gasteiger partial charge is 0.445 e. The monoisotopic (exact) mass is 448 g/mol. The number of piperidine rings is 1. The Morgan fingerprint density at radius 1 is 1.19 bits per heavy atom. The molecule has 0 saturated carbocycles. The summed E-state index contributed by atoms with van der Waals surface area (Å²) in [6.45, 7) is 3.62. The van der Waals surface area contributed by atoms with Gasteiger partial charge in [0.2, 0.25) is 5.91 Å². The van der Waals surface area contributed by atoms with Crippen molar-refractivity contribution in [2.24, 2.45) is 0 Å². The van der Waals surface area contributed by atoms with Crippen molar-refractivity contribution in [2.45, 2.75) is 38.6 Å². The Balaban J connectivity index is 1.27. The second-order valence-corrected chi connectivity index (χ2v) is 8.75. The summed E-state index contributed by atoms with van der Waals surface area (Å²) in [4.78, 5) is 24.2. The lowest BCUT2D eigenvalue weighted by Crippen LogP contribution is -2.41. The summed E-state index contributed by atoms with van der Waals surface area (Å²) in [6, 6.07) is 15.7. The number of aryl methyl sites for hydroxylation is 1. The number of carbonyl (C=O) groups is 1. The third-order valence-electron chi connectivity index (χ3n) is 6.16. The number of hydrogen-bond donors (Lipinski definition) is 0.